The number of nitrogens with zero attached hydrogens (tertiary/aromatic N) is 2. The molecule has 1 aromatic heterocycles. The fourth-order valence-electron chi connectivity index (χ4n) is 2.12. The van der Waals surface area contributed by atoms with Crippen molar-refractivity contribution in [2.24, 2.45) is 5.73 Å². The van der Waals surface area contributed by atoms with E-state index in [1.165, 1.54) is 0 Å². The van der Waals surface area contributed by atoms with Gasteiger partial charge >= 0.3 is 0 Å². The summed E-state index contributed by atoms with van der Waals surface area (Å²) in [6, 6.07) is 6.08. The highest BCUT2D eigenvalue weighted by atomic mass is 35.5. The van der Waals surface area contributed by atoms with E-state index in [0.29, 0.717) is 0 Å². The zero-order valence-electron chi connectivity index (χ0n) is 11.7. The molecule has 19 heavy (non-hydrogen) atoms. The smallest absolute Gasteiger partial charge is 0.0997 e. The van der Waals surface area contributed by atoms with Gasteiger partial charge in [-0.1, -0.05) is 24.6 Å². The number of halogens is 1. The highest BCUT2D eigenvalue weighted by Gasteiger charge is 2.14. The maximum Gasteiger partial charge on any atom is 0.0997 e. The first kappa shape index (κ1) is 14.1. The maximum atomic E-state index is 6.35. The summed E-state index contributed by atoms with van der Waals surface area (Å²) in [5, 5.41) is 0.771. The van der Waals surface area contributed by atoms with Crippen molar-refractivity contribution in [2.75, 3.05) is 0 Å². The van der Waals surface area contributed by atoms with Crippen LogP contribution in [0.3, 0.4) is 0 Å². The lowest BCUT2D eigenvalue weighted by Gasteiger charge is -2.16. The Balaban J connectivity index is 2.51. The number of rotatable bonds is 4. The van der Waals surface area contributed by atoms with E-state index < -0.39 is 0 Å². The van der Waals surface area contributed by atoms with E-state index in [4.69, 9.17) is 17.3 Å². The van der Waals surface area contributed by atoms with Gasteiger partial charge in [0.15, 0.2) is 0 Å². The Bertz CT molecular complexity index is 575. The number of imidazole rings is 1. The summed E-state index contributed by atoms with van der Waals surface area (Å²) in [6.07, 6.45) is 3.56. The number of benzene rings is 1. The number of aryl methyl sites for hydroxylation is 1. The highest BCUT2D eigenvalue weighted by Crippen LogP contribution is 2.26. The van der Waals surface area contributed by atoms with E-state index in [1.54, 1.807) is 0 Å². The van der Waals surface area contributed by atoms with Crippen molar-refractivity contribution in [3.8, 4) is 5.69 Å². The lowest BCUT2D eigenvalue weighted by Crippen LogP contribution is -2.22. The summed E-state index contributed by atoms with van der Waals surface area (Å²) in [5.41, 5.74) is 10.4. The normalized spacial score (nSPS) is 12.7. The fraction of sp³-hybridized carbons (Fsp3) is 0.400. The van der Waals surface area contributed by atoms with Crippen LogP contribution in [0.4, 0.5) is 0 Å². The molecule has 102 valence electrons. The van der Waals surface area contributed by atoms with Gasteiger partial charge in [0.1, 0.15) is 0 Å². The van der Waals surface area contributed by atoms with Crippen molar-refractivity contribution < 1.29 is 0 Å². The van der Waals surface area contributed by atoms with Gasteiger partial charge in [-0.05, 0) is 44.4 Å². The summed E-state index contributed by atoms with van der Waals surface area (Å²) in [6.45, 7) is 6.16. The Kier molecular flexibility index (Phi) is 4.27. The summed E-state index contributed by atoms with van der Waals surface area (Å²) >= 11 is 6.35. The Hall–Kier alpha value is -1.32. The predicted molar refractivity (Wildman–Crippen MR) is 80.0 cm³/mol. The molecule has 0 aliphatic heterocycles. The molecule has 0 bridgehead atoms. The van der Waals surface area contributed by atoms with Gasteiger partial charge < -0.3 is 10.3 Å². The zero-order chi connectivity index (χ0) is 14.0. The summed E-state index contributed by atoms with van der Waals surface area (Å²) in [5.74, 6) is 0. The molecule has 2 aromatic rings. The summed E-state index contributed by atoms with van der Waals surface area (Å²) < 4.78 is 2.08. The molecule has 1 heterocycles. The number of hydrogen-bond donors (Lipinski definition) is 1. The molecule has 0 aliphatic carbocycles. The van der Waals surface area contributed by atoms with Crippen LogP contribution in [0.1, 0.15) is 30.3 Å². The number of hydrogen-bond acceptors (Lipinski definition) is 2. The van der Waals surface area contributed by atoms with Gasteiger partial charge in [0.25, 0.3) is 0 Å². The quantitative estimate of drug-likeness (QED) is 0.931. The van der Waals surface area contributed by atoms with Gasteiger partial charge in [-0.25, -0.2) is 4.98 Å². The monoisotopic (exact) mass is 277 g/mol. The minimum Gasteiger partial charge on any atom is -0.327 e. The minimum atomic E-state index is 0.128. The van der Waals surface area contributed by atoms with Crippen LogP contribution < -0.4 is 5.73 Å². The second-order valence-electron chi connectivity index (χ2n) is 4.90. The molecule has 3 nitrogen and oxygen atoms in total. The number of nitrogens with two attached hydrogens (primary N) is 1. The molecule has 1 aromatic carbocycles. The Morgan fingerprint density at radius 1 is 1.37 bits per heavy atom. The summed E-state index contributed by atoms with van der Waals surface area (Å²) in [4.78, 5) is 4.35. The molecule has 1 unspecified atom stereocenters. The SMILES string of the molecule is CCC(N)Cc1c(Cl)cccc1-n1cnc(C)c1C. The Morgan fingerprint density at radius 3 is 2.68 bits per heavy atom. The van der Waals surface area contributed by atoms with Crippen LogP contribution in [0.5, 0.6) is 0 Å². The van der Waals surface area contributed by atoms with Crippen molar-refractivity contribution in [1.29, 1.82) is 0 Å². The molecule has 1 atom stereocenters. The van der Waals surface area contributed by atoms with Crippen molar-refractivity contribution in [3.63, 3.8) is 0 Å². The van der Waals surface area contributed by atoms with Gasteiger partial charge in [-0.2, -0.15) is 0 Å². The molecule has 0 spiro atoms. The Labute approximate surface area is 119 Å². The molecular formula is C15H20ClN3. The lowest BCUT2D eigenvalue weighted by atomic mass is 10.0. The van der Waals surface area contributed by atoms with Crippen LogP contribution in [0, 0.1) is 13.8 Å². The fourth-order valence-corrected chi connectivity index (χ4v) is 2.37. The lowest BCUT2D eigenvalue weighted by molar-refractivity contribution is 0.644. The van der Waals surface area contributed by atoms with Crippen molar-refractivity contribution >= 4 is 11.6 Å². The topological polar surface area (TPSA) is 43.8 Å². The predicted octanol–water partition coefficient (Wildman–Crippen LogP) is 3.42. The third-order valence-corrected chi connectivity index (χ3v) is 3.95. The largest absolute Gasteiger partial charge is 0.327 e. The molecule has 0 radical (unpaired) electrons. The molecule has 4 heteroatoms. The van der Waals surface area contributed by atoms with Crippen LogP contribution in [-0.4, -0.2) is 15.6 Å². The van der Waals surface area contributed by atoms with Gasteiger partial charge in [-0.3, -0.25) is 0 Å². The van der Waals surface area contributed by atoms with E-state index in [2.05, 4.69) is 29.5 Å². The third-order valence-electron chi connectivity index (χ3n) is 3.60. The van der Waals surface area contributed by atoms with E-state index in [1.807, 2.05) is 25.4 Å². The molecule has 0 aliphatic rings. The zero-order valence-corrected chi connectivity index (χ0v) is 12.4. The van der Waals surface area contributed by atoms with Crippen LogP contribution in [-0.2, 0) is 6.42 Å². The molecule has 0 amide bonds. The molecule has 0 fully saturated rings. The standard InChI is InChI=1S/C15H20ClN3/c1-4-12(17)8-13-14(16)6-5-7-15(13)19-9-18-10(2)11(19)3/h5-7,9,12H,4,8,17H2,1-3H3. The maximum absolute atomic E-state index is 6.35. The third kappa shape index (κ3) is 2.82. The van der Waals surface area contributed by atoms with Crippen LogP contribution >= 0.6 is 11.6 Å². The van der Waals surface area contributed by atoms with E-state index in [-0.39, 0.29) is 6.04 Å². The second-order valence-corrected chi connectivity index (χ2v) is 5.30. The van der Waals surface area contributed by atoms with E-state index >= 15 is 0 Å². The molecule has 0 saturated heterocycles. The van der Waals surface area contributed by atoms with E-state index in [0.717, 1.165) is 40.5 Å². The average Bonchev–Trinajstić information content (AvgIpc) is 2.72. The van der Waals surface area contributed by atoms with Gasteiger partial charge in [0.05, 0.1) is 17.7 Å². The van der Waals surface area contributed by atoms with Crippen molar-refractivity contribution in [1.82, 2.24) is 9.55 Å². The molecule has 2 rings (SSSR count). The van der Waals surface area contributed by atoms with Crippen molar-refractivity contribution in [2.45, 2.75) is 39.7 Å². The first-order valence-corrected chi connectivity index (χ1v) is 6.96. The molecule has 2 N–H and O–H groups in total. The van der Waals surface area contributed by atoms with Crippen LogP contribution in [0.25, 0.3) is 5.69 Å². The Morgan fingerprint density at radius 2 is 2.11 bits per heavy atom. The van der Waals surface area contributed by atoms with Gasteiger partial charge in [0.2, 0.25) is 0 Å². The van der Waals surface area contributed by atoms with Gasteiger partial charge in [0, 0.05) is 16.8 Å². The van der Waals surface area contributed by atoms with Gasteiger partial charge in [-0.15, -0.1) is 0 Å². The summed E-state index contributed by atoms with van der Waals surface area (Å²) in [7, 11) is 0. The van der Waals surface area contributed by atoms with Crippen LogP contribution in [0.15, 0.2) is 24.5 Å². The first-order chi connectivity index (χ1) is 9.04. The van der Waals surface area contributed by atoms with Crippen LogP contribution in [0.2, 0.25) is 5.02 Å². The average molecular weight is 278 g/mol. The molecular weight excluding hydrogens is 258 g/mol. The van der Waals surface area contributed by atoms with Crippen molar-refractivity contribution in [3.05, 3.63) is 46.5 Å². The highest BCUT2D eigenvalue weighted by molar-refractivity contribution is 6.31. The van der Waals surface area contributed by atoms with E-state index in [9.17, 15) is 0 Å². The second kappa shape index (κ2) is 5.76. The minimum absolute atomic E-state index is 0.128. The first-order valence-electron chi connectivity index (χ1n) is 6.58. The molecule has 0 saturated carbocycles. The number of aromatic nitrogens is 2.